The first-order valence-corrected chi connectivity index (χ1v) is 6.83. The first-order valence-electron chi connectivity index (χ1n) is 6.83. The van der Waals surface area contributed by atoms with E-state index in [4.69, 9.17) is 0 Å². The predicted octanol–water partition coefficient (Wildman–Crippen LogP) is 5.01. The van der Waals surface area contributed by atoms with E-state index >= 15 is 0 Å². The minimum absolute atomic E-state index is 0.252. The van der Waals surface area contributed by atoms with Crippen molar-refractivity contribution in [1.82, 2.24) is 4.90 Å². The van der Waals surface area contributed by atoms with Crippen LogP contribution in [0.5, 0.6) is 0 Å². The molecule has 0 saturated carbocycles. The Labute approximate surface area is 122 Å². The Kier molecular flexibility index (Phi) is 5.75. The van der Waals surface area contributed by atoms with Gasteiger partial charge in [0.1, 0.15) is 5.83 Å². The molecule has 1 aromatic carbocycles. The molecule has 0 radical (unpaired) electrons. The van der Waals surface area contributed by atoms with Crippen LogP contribution < -0.4 is 0 Å². The second-order valence-corrected chi connectivity index (χ2v) is 5.52. The Morgan fingerprint density at radius 2 is 1.80 bits per heavy atom. The molecule has 0 aliphatic rings. The third-order valence-electron chi connectivity index (χ3n) is 3.10. The summed E-state index contributed by atoms with van der Waals surface area (Å²) in [7, 11) is 1.92. The van der Waals surface area contributed by atoms with Gasteiger partial charge in [-0.1, -0.05) is 62.9 Å². The summed E-state index contributed by atoms with van der Waals surface area (Å²) in [5, 5.41) is 0. The molecule has 0 heterocycles. The van der Waals surface area contributed by atoms with Crippen LogP contribution in [0.1, 0.15) is 25.0 Å². The lowest BCUT2D eigenvalue weighted by Crippen LogP contribution is -2.18. The van der Waals surface area contributed by atoms with Crippen LogP contribution in [0, 0.1) is 12.8 Å². The number of likely N-dealkylation sites (N-methyl/N-ethyl adjacent to an activating group) is 1. The quantitative estimate of drug-likeness (QED) is 0.659. The lowest BCUT2D eigenvalue weighted by Gasteiger charge is -2.23. The molecule has 1 nitrogen and oxygen atoms in total. The molecule has 0 spiro atoms. The lowest BCUT2D eigenvalue weighted by atomic mass is 10.1. The summed E-state index contributed by atoms with van der Waals surface area (Å²) < 4.78 is 13.6. The summed E-state index contributed by atoms with van der Waals surface area (Å²) in [5.41, 5.74) is 3.56. The largest absolute Gasteiger partial charge is 0.370 e. The molecule has 1 rings (SSSR count). The van der Waals surface area contributed by atoms with Gasteiger partial charge in [-0.2, -0.15) is 0 Å². The molecule has 0 aliphatic heterocycles. The SMILES string of the molecule is C=C(F)/C(=C\C(C)C)C(=C)N(C)Cc1ccc(C)cc1. The smallest absolute Gasteiger partial charge is 0.125 e. The van der Waals surface area contributed by atoms with E-state index in [9.17, 15) is 4.39 Å². The molecule has 20 heavy (non-hydrogen) atoms. The molecule has 0 aliphatic carbocycles. The zero-order chi connectivity index (χ0) is 15.3. The van der Waals surface area contributed by atoms with Crippen molar-refractivity contribution < 1.29 is 4.39 Å². The van der Waals surface area contributed by atoms with Crippen LogP contribution in [0.4, 0.5) is 4.39 Å². The van der Waals surface area contributed by atoms with Gasteiger partial charge < -0.3 is 4.90 Å². The van der Waals surface area contributed by atoms with Gasteiger partial charge in [-0.15, -0.1) is 0 Å². The molecule has 0 N–H and O–H groups in total. The number of aryl methyl sites for hydroxylation is 1. The van der Waals surface area contributed by atoms with Gasteiger partial charge in [-0.05, 0) is 18.4 Å². The molecule has 0 atom stereocenters. The van der Waals surface area contributed by atoms with Crippen LogP contribution in [0.2, 0.25) is 0 Å². The van der Waals surface area contributed by atoms with Crippen LogP contribution in [0.3, 0.4) is 0 Å². The van der Waals surface area contributed by atoms with Crippen molar-refractivity contribution in [2.75, 3.05) is 7.05 Å². The highest BCUT2D eigenvalue weighted by Crippen LogP contribution is 2.23. The molecule has 0 aromatic heterocycles. The Bertz CT molecular complexity index is 509. The first-order chi connectivity index (χ1) is 9.31. The fraction of sp³-hybridized carbons (Fsp3) is 0.333. The Morgan fingerprint density at radius 1 is 1.25 bits per heavy atom. The Hall–Kier alpha value is -1.83. The third-order valence-corrected chi connectivity index (χ3v) is 3.10. The molecule has 2 heteroatoms. The number of hydrogen-bond acceptors (Lipinski definition) is 1. The highest BCUT2D eigenvalue weighted by atomic mass is 19.1. The maximum Gasteiger partial charge on any atom is 0.125 e. The molecule has 0 fully saturated rings. The van der Waals surface area contributed by atoms with Crippen molar-refractivity contribution in [3.63, 3.8) is 0 Å². The molecule has 108 valence electrons. The van der Waals surface area contributed by atoms with Crippen LogP contribution in [-0.4, -0.2) is 11.9 Å². The third kappa shape index (κ3) is 4.69. The van der Waals surface area contributed by atoms with E-state index in [2.05, 4.69) is 44.3 Å². The molecular weight excluding hydrogens is 249 g/mol. The van der Waals surface area contributed by atoms with Gasteiger partial charge in [-0.3, -0.25) is 0 Å². The Balaban J connectivity index is 2.84. The molecule has 0 saturated heterocycles. The number of halogens is 1. The molecule has 0 amide bonds. The minimum Gasteiger partial charge on any atom is -0.370 e. The maximum atomic E-state index is 13.6. The molecule has 1 aromatic rings. The van der Waals surface area contributed by atoms with Crippen molar-refractivity contribution in [2.24, 2.45) is 5.92 Å². The van der Waals surface area contributed by atoms with E-state index in [0.717, 1.165) is 0 Å². The van der Waals surface area contributed by atoms with Gasteiger partial charge in [-0.25, -0.2) is 4.39 Å². The van der Waals surface area contributed by atoms with Gasteiger partial charge in [0.15, 0.2) is 0 Å². The average Bonchev–Trinajstić information content (AvgIpc) is 2.37. The highest BCUT2D eigenvalue weighted by molar-refractivity contribution is 5.40. The van der Waals surface area contributed by atoms with E-state index in [0.29, 0.717) is 17.8 Å². The van der Waals surface area contributed by atoms with E-state index in [1.807, 2.05) is 31.9 Å². The van der Waals surface area contributed by atoms with Crippen molar-refractivity contribution in [1.29, 1.82) is 0 Å². The number of benzene rings is 1. The lowest BCUT2D eigenvalue weighted by molar-refractivity contribution is 0.416. The van der Waals surface area contributed by atoms with Crippen LogP contribution in [-0.2, 0) is 6.54 Å². The highest BCUT2D eigenvalue weighted by Gasteiger charge is 2.12. The zero-order valence-corrected chi connectivity index (χ0v) is 12.9. The number of hydrogen-bond donors (Lipinski definition) is 0. The van der Waals surface area contributed by atoms with E-state index in [1.54, 1.807) is 0 Å². The maximum absolute atomic E-state index is 13.6. The van der Waals surface area contributed by atoms with E-state index in [1.165, 1.54) is 11.1 Å². The van der Waals surface area contributed by atoms with E-state index in [-0.39, 0.29) is 5.92 Å². The van der Waals surface area contributed by atoms with E-state index < -0.39 is 5.83 Å². The fourth-order valence-corrected chi connectivity index (χ4v) is 1.94. The summed E-state index contributed by atoms with van der Waals surface area (Å²) >= 11 is 0. The van der Waals surface area contributed by atoms with Crippen LogP contribution >= 0.6 is 0 Å². The normalized spacial score (nSPS) is 11.6. The summed E-state index contributed by atoms with van der Waals surface area (Å²) in [6.45, 7) is 14.2. The van der Waals surface area contributed by atoms with Gasteiger partial charge in [0, 0.05) is 24.9 Å². The van der Waals surface area contributed by atoms with Gasteiger partial charge in [0.05, 0.1) is 0 Å². The van der Waals surface area contributed by atoms with Crippen molar-refractivity contribution in [3.05, 3.63) is 71.7 Å². The number of allylic oxidation sites excluding steroid dienone is 2. The topological polar surface area (TPSA) is 3.24 Å². The fourth-order valence-electron chi connectivity index (χ4n) is 1.94. The van der Waals surface area contributed by atoms with Gasteiger partial charge in [0.2, 0.25) is 0 Å². The van der Waals surface area contributed by atoms with Gasteiger partial charge in [0.25, 0.3) is 0 Å². The van der Waals surface area contributed by atoms with Gasteiger partial charge >= 0.3 is 0 Å². The summed E-state index contributed by atoms with van der Waals surface area (Å²) in [4.78, 5) is 1.95. The summed E-state index contributed by atoms with van der Waals surface area (Å²) in [5.74, 6) is -0.179. The second-order valence-electron chi connectivity index (χ2n) is 5.52. The first kappa shape index (κ1) is 16.2. The van der Waals surface area contributed by atoms with Crippen LogP contribution in [0.15, 0.2) is 60.6 Å². The molecule has 0 unspecified atom stereocenters. The Morgan fingerprint density at radius 3 is 2.25 bits per heavy atom. The standard InChI is InChI=1S/C18H24FN/c1-13(2)11-18(15(4)19)16(5)20(6)12-17-9-7-14(3)8-10-17/h7-11,13H,4-5,12H2,1-3,6H3/b18-11+. The summed E-state index contributed by atoms with van der Waals surface area (Å²) in [6, 6.07) is 8.31. The van der Waals surface area contributed by atoms with Crippen molar-refractivity contribution >= 4 is 0 Å². The molecule has 0 bridgehead atoms. The molecular formula is C18H24FN. The zero-order valence-electron chi connectivity index (χ0n) is 12.9. The van der Waals surface area contributed by atoms with Crippen molar-refractivity contribution in [2.45, 2.75) is 27.3 Å². The summed E-state index contributed by atoms with van der Waals surface area (Å²) in [6.07, 6.45) is 1.86. The minimum atomic E-state index is -0.431. The second kappa shape index (κ2) is 7.09. The average molecular weight is 273 g/mol. The number of nitrogens with zero attached hydrogens (tertiary/aromatic N) is 1. The van der Waals surface area contributed by atoms with Crippen LogP contribution in [0.25, 0.3) is 0 Å². The number of rotatable bonds is 6. The predicted molar refractivity (Wildman–Crippen MR) is 85.0 cm³/mol. The van der Waals surface area contributed by atoms with Crippen molar-refractivity contribution in [3.8, 4) is 0 Å². The monoisotopic (exact) mass is 273 g/mol.